The van der Waals surface area contributed by atoms with Crippen LogP contribution in [0.3, 0.4) is 0 Å². The number of hydrogen-bond donors (Lipinski definition) is 1. The maximum Gasteiger partial charge on any atom is 0.319 e. The Balaban J connectivity index is 1.65. The third-order valence-electron chi connectivity index (χ3n) is 5.16. The maximum absolute atomic E-state index is 13.5. The number of fused-ring (bicyclic) bond motifs is 2. The van der Waals surface area contributed by atoms with E-state index in [1.165, 1.54) is 10.6 Å². The number of rotatable bonds is 4. The lowest BCUT2D eigenvalue weighted by Crippen LogP contribution is -2.36. The summed E-state index contributed by atoms with van der Waals surface area (Å²) in [7, 11) is 0. The molecule has 0 spiro atoms. The van der Waals surface area contributed by atoms with E-state index < -0.39 is 12.5 Å². The van der Waals surface area contributed by atoms with Crippen LogP contribution in [0.25, 0.3) is 5.52 Å². The fourth-order valence-corrected chi connectivity index (χ4v) is 3.73. The highest BCUT2D eigenvalue weighted by Crippen LogP contribution is 2.37. The zero-order chi connectivity index (χ0) is 20.1. The van der Waals surface area contributed by atoms with E-state index >= 15 is 0 Å². The zero-order valence-electron chi connectivity index (χ0n) is 15.9. The van der Waals surface area contributed by atoms with Crippen LogP contribution in [-0.4, -0.2) is 36.3 Å². The van der Waals surface area contributed by atoms with Crippen molar-refractivity contribution < 1.29 is 13.2 Å². The van der Waals surface area contributed by atoms with Crippen LogP contribution in [0.4, 0.5) is 14.8 Å². The molecule has 5 rings (SSSR count). The van der Waals surface area contributed by atoms with Gasteiger partial charge in [-0.05, 0) is 18.2 Å². The molecule has 4 aromatic heterocycles. The van der Waals surface area contributed by atoms with E-state index in [9.17, 15) is 8.78 Å². The first-order chi connectivity index (χ1) is 14.0. The molecule has 1 atom stereocenters. The molecule has 0 unspecified atom stereocenters. The van der Waals surface area contributed by atoms with E-state index in [2.05, 4.69) is 25.3 Å². The lowest BCUT2D eigenvalue weighted by atomic mass is 10.00. The van der Waals surface area contributed by atoms with Gasteiger partial charge in [-0.2, -0.15) is 5.10 Å². The molecule has 1 aliphatic heterocycles. The highest BCUT2D eigenvalue weighted by molar-refractivity contribution is 5.58. The van der Waals surface area contributed by atoms with Crippen molar-refractivity contribution in [2.24, 2.45) is 0 Å². The van der Waals surface area contributed by atoms with Gasteiger partial charge >= 0.3 is 6.01 Å². The fourth-order valence-electron chi connectivity index (χ4n) is 3.73. The van der Waals surface area contributed by atoms with Crippen molar-refractivity contribution in [2.45, 2.75) is 38.7 Å². The molecule has 0 bridgehead atoms. The first-order valence-corrected chi connectivity index (χ1v) is 9.41. The molecule has 0 saturated carbocycles. The lowest BCUT2D eigenvalue weighted by Gasteiger charge is -2.32. The van der Waals surface area contributed by atoms with Gasteiger partial charge in [0.25, 0.3) is 6.43 Å². The van der Waals surface area contributed by atoms with Crippen LogP contribution in [-0.2, 0) is 6.42 Å². The predicted octanol–water partition coefficient (Wildman–Crippen LogP) is 3.65. The second-order valence-corrected chi connectivity index (χ2v) is 7.35. The quantitative estimate of drug-likeness (QED) is 0.564. The Kier molecular flexibility index (Phi) is 4.07. The third-order valence-corrected chi connectivity index (χ3v) is 5.16. The Bertz CT molecular complexity index is 1160. The van der Waals surface area contributed by atoms with Crippen LogP contribution >= 0.6 is 0 Å². The highest BCUT2D eigenvalue weighted by atomic mass is 19.3. The summed E-state index contributed by atoms with van der Waals surface area (Å²) in [4.78, 5) is 9.57. The summed E-state index contributed by atoms with van der Waals surface area (Å²) >= 11 is 0. The number of aromatic amines is 1. The van der Waals surface area contributed by atoms with E-state index in [1.807, 2.05) is 18.7 Å². The van der Waals surface area contributed by atoms with Gasteiger partial charge in [0.05, 0.1) is 23.2 Å². The summed E-state index contributed by atoms with van der Waals surface area (Å²) in [6.07, 6.45) is 1.43. The molecule has 29 heavy (non-hydrogen) atoms. The normalized spacial score (nSPS) is 16.9. The van der Waals surface area contributed by atoms with Gasteiger partial charge in [-0.1, -0.05) is 18.9 Å². The standard InChI is InChI=1S/C19H19F2N7O/c1-10(2)18-24-25-19(29-18)27-7-5-12-15(23-9-22-12)16(27)13-8-14-11(17(20)21)4-3-6-28(14)26-13/h3-4,6,8-10,16-17H,5,7H2,1-2H3,(H,22,23)/t16-/m1/s1. The Morgan fingerprint density at radius 3 is 2.90 bits per heavy atom. The monoisotopic (exact) mass is 399 g/mol. The Morgan fingerprint density at radius 2 is 2.14 bits per heavy atom. The molecule has 10 heteroatoms. The van der Waals surface area contributed by atoms with Crippen molar-refractivity contribution in [3.63, 3.8) is 0 Å². The van der Waals surface area contributed by atoms with Crippen molar-refractivity contribution in [1.82, 2.24) is 29.8 Å². The van der Waals surface area contributed by atoms with Crippen LogP contribution in [0.5, 0.6) is 0 Å². The van der Waals surface area contributed by atoms with Gasteiger partial charge in [0, 0.05) is 36.3 Å². The summed E-state index contributed by atoms with van der Waals surface area (Å²) in [6, 6.07) is 4.62. The maximum atomic E-state index is 13.5. The molecule has 1 N–H and O–H groups in total. The largest absolute Gasteiger partial charge is 0.408 e. The van der Waals surface area contributed by atoms with Crippen LogP contribution in [0, 0.1) is 0 Å². The van der Waals surface area contributed by atoms with Crippen molar-refractivity contribution >= 4 is 11.5 Å². The minimum absolute atomic E-state index is 0.0595. The average Bonchev–Trinajstić information content (AvgIpc) is 3.44. The number of imidazole rings is 1. The summed E-state index contributed by atoms with van der Waals surface area (Å²) < 4.78 is 34.3. The number of anilines is 1. The summed E-state index contributed by atoms with van der Waals surface area (Å²) in [5.41, 5.74) is 2.67. The molecular weight excluding hydrogens is 380 g/mol. The van der Waals surface area contributed by atoms with Gasteiger partial charge in [0.1, 0.15) is 6.04 Å². The average molecular weight is 399 g/mol. The lowest BCUT2D eigenvalue weighted by molar-refractivity contribution is 0.152. The topological polar surface area (TPSA) is 88.1 Å². The summed E-state index contributed by atoms with van der Waals surface area (Å²) in [5, 5.41) is 12.9. The zero-order valence-corrected chi connectivity index (χ0v) is 15.9. The number of aromatic nitrogens is 6. The number of nitrogens with one attached hydrogen (secondary N) is 1. The van der Waals surface area contributed by atoms with Gasteiger partial charge in [-0.3, -0.25) is 0 Å². The van der Waals surface area contributed by atoms with Crippen LogP contribution in [0.15, 0.2) is 35.1 Å². The van der Waals surface area contributed by atoms with Crippen molar-refractivity contribution in [3.05, 3.63) is 59.3 Å². The molecule has 0 aliphatic carbocycles. The van der Waals surface area contributed by atoms with E-state index in [1.54, 1.807) is 24.7 Å². The minimum atomic E-state index is -2.59. The summed E-state index contributed by atoms with van der Waals surface area (Å²) in [6.45, 7) is 4.56. The molecule has 0 aromatic carbocycles. The molecule has 150 valence electrons. The Labute approximate surface area is 164 Å². The third kappa shape index (κ3) is 2.86. The van der Waals surface area contributed by atoms with E-state index in [0.717, 1.165) is 17.8 Å². The molecule has 4 aromatic rings. The van der Waals surface area contributed by atoms with Crippen molar-refractivity contribution in [3.8, 4) is 0 Å². The molecule has 0 saturated heterocycles. The van der Waals surface area contributed by atoms with Crippen LogP contribution < -0.4 is 4.90 Å². The molecule has 0 fully saturated rings. The Morgan fingerprint density at radius 1 is 1.28 bits per heavy atom. The second-order valence-electron chi connectivity index (χ2n) is 7.35. The molecule has 5 heterocycles. The van der Waals surface area contributed by atoms with Crippen molar-refractivity contribution in [1.29, 1.82) is 0 Å². The van der Waals surface area contributed by atoms with Crippen molar-refractivity contribution in [2.75, 3.05) is 11.4 Å². The van der Waals surface area contributed by atoms with Gasteiger partial charge in [0.15, 0.2) is 0 Å². The van der Waals surface area contributed by atoms with E-state index in [-0.39, 0.29) is 11.5 Å². The summed E-state index contributed by atoms with van der Waals surface area (Å²) in [5.74, 6) is 0.644. The number of alkyl halides is 2. The predicted molar refractivity (Wildman–Crippen MR) is 100 cm³/mol. The number of H-pyrrole nitrogens is 1. The highest BCUT2D eigenvalue weighted by Gasteiger charge is 2.36. The fraction of sp³-hybridized carbons (Fsp3) is 0.368. The van der Waals surface area contributed by atoms with Crippen LogP contribution in [0.2, 0.25) is 0 Å². The first kappa shape index (κ1) is 17.8. The molecular formula is C19H19F2N7O. The smallest absolute Gasteiger partial charge is 0.319 e. The van der Waals surface area contributed by atoms with Crippen LogP contribution in [0.1, 0.15) is 60.8 Å². The molecule has 8 nitrogen and oxygen atoms in total. The SMILES string of the molecule is CC(C)c1nnc(N2CCc3[nH]cnc3[C@H]2c2cc3c(C(F)F)cccn3n2)o1. The molecule has 0 amide bonds. The first-order valence-electron chi connectivity index (χ1n) is 9.41. The Hall–Kier alpha value is -3.30. The number of pyridine rings is 1. The minimum Gasteiger partial charge on any atom is -0.408 e. The number of hydrogen-bond acceptors (Lipinski definition) is 6. The van der Waals surface area contributed by atoms with E-state index in [4.69, 9.17) is 4.42 Å². The van der Waals surface area contributed by atoms with Gasteiger partial charge in [-0.25, -0.2) is 18.3 Å². The van der Waals surface area contributed by atoms with E-state index in [0.29, 0.717) is 29.7 Å². The van der Waals surface area contributed by atoms with Gasteiger partial charge in [0.2, 0.25) is 5.89 Å². The number of halogens is 2. The molecule has 0 radical (unpaired) electrons. The van der Waals surface area contributed by atoms with Gasteiger partial charge in [-0.15, -0.1) is 5.10 Å². The van der Waals surface area contributed by atoms with Gasteiger partial charge < -0.3 is 14.3 Å². The molecule has 1 aliphatic rings. The second kappa shape index (κ2) is 6.64. The number of nitrogens with zero attached hydrogens (tertiary/aromatic N) is 6.